The van der Waals surface area contributed by atoms with Crippen molar-refractivity contribution >= 4 is 5.97 Å². The Balaban J connectivity index is 3.07. The van der Waals surface area contributed by atoms with Crippen molar-refractivity contribution in [2.75, 3.05) is 0 Å². The largest absolute Gasteiger partial charge is 0.458 e. The lowest BCUT2D eigenvalue weighted by Crippen LogP contribution is -2.50. The number of esters is 1. The zero-order valence-electron chi connectivity index (χ0n) is 14.5. The predicted octanol–water partition coefficient (Wildman–Crippen LogP) is 5.50. The summed E-state index contributed by atoms with van der Waals surface area (Å²) in [6.45, 7) is 12.8. The minimum absolute atomic E-state index is 0.00150. The summed E-state index contributed by atoms with van der Waals surface area (Å²) in [7, 11) is 0. The molecule has 0 unspecified atom stereocenters. The molecule has 0 bridgehead atoms. The third-order valence-electron chi connectivity index (χ3n) is 6.13. The van der Waals surface area contributed by atoms with Crippen LogP contribution in [0.1, 0.15) is 92.9 Å². The van der Waals surface area contributed by atoms with Gasteiger partial charge in [0.05, 0.1) is 5.41 Å². The van der Waals surface area contributed by atoms with Crippen LogP contribution in [0.2, 0.25) is 0 Å². The van der Waals surface area contributed by atoms with E-state index in [9.17, 15) is 4.79 Å². The fraction of sp³-hybridized carbons (Fsp3) is 0.944. The van der Waals surface area contributed by atoms with Crippen LogP contribution in [-0.2, 0) is 9.53 Å². The van der Waals surface area contributed by atoms with Crippen molar-refractivity contribution in [2.45, 2.75) is 98.5 Å². The molecule has 0 saturated heterocycles. The van der Waals surface area contributed by atoms with Crippen LogP contribution in [0.3, 0.4) is 0 Å². The normalized spacial score (nSPS) is 19.1. The Hall–Kier alpha value is -0.530. The van der Waals surface area contributed by atoms with Gasteiger partial charge in [-0.25, -0.2) is 0 Å². The van der Waals surface area contributed by atoms with Gasteiger partial charge in [-0.05, 0) is 65.2 Å². The van der Waals surface area contributed by atoms with Gasteiger partial charge in [0, 0.05) is 5.41 Å². The maximum atomic E-state index is 12.6. The monoisotopic (exact) mass is 282 g/mol. The molecular weight excluding hydrogens is 248 g/mol. The number of hydrogen-bond donors (Lipinski definition) is 0. The molecule has 20 heavy (non-hydrogen) atoms. The van der Waals surface area contributed by atoms with Gasteiger partial charge < -0.3 is 4.74 Å². The minimum atomic E-state index is -0.365. The average Bonchev–Trinajstić information content (AvgIpc) is 2.91. The van der Waals surface area contributed by atoms with Gasteiger partial charge in [0.25, 0.3) is 0 Å². The lowest BCUT2D eigenvalue weighted by atomic mass is 9.65. The SMILES string of the molecule is CCC(C)(C)C(=O)OC1(C(CC)(CC)CC)CCCC1. The van der Waals surface area contributed by atoms with E-state index in [1.807, 2.05) is 13.8 Å². The van der Waals surface area contributed by atoms with Gasteiger partial charge in [0.15, 0.2) is 0 Å². The summed E-state index contributed by atoms with van der Waals surface area (Å²) < 4.78 is 6.25. The second-order valence-corrected chi connectivity index (χ2v) is 7.17. The molecule has 0 aromatic rings. The van der Waals surface area contributed by atoms with Crippen LogP contribution >= 0.6 is 0 Å². The van der Waals surface area contributed by atoms with Crippen LogP contribution in [0.15, 0.2) is 0 Å². The molecular formula is C18H34O2. The molecule has 118 valence electrons. The molecule has 0 radical (unpaired) electrons. The van der Waals surface area contributed by atoms with Crippen LogP contribution in [0.25, 0.3) is 0 Å². The maximum absolute atomic E-state index is 12.6. The molecule has 0 aromatic heterocycles. The topological polar surface area (TPSA) is 26.3 Å². The number of carbonyl (C=O) groups excluding carboxylic acids is 1. The Morgan fingerprint density at radius 1 is 0.950 bits per heavy atom. The van der Waals surface area contributed by atoms with E-state index >= 15 is 0 Å². The Kier molecular flexibility index (Phi) is 5.69. The smallest absolute Gasteiger partial charge is 0.312 e. The van der Waals surface area contributed by atoms with Crippen molar-refractivity contribution < 1.29 is 9.53 Å². The predicted molar refractivity (Wildman–Crippen MR) is 84.7 cm³/mol. The first-order valence-corrected chi connectivity index (χ1v) is 8.56. The van der Waals surface area contributed by atoms with Crippen molar-refractivity contribution in [1.82, 2.24) is 0 Å². The van der Waals surface area contributed by atoms with Gasteiger partial charge in [-0.3, -0.25) is 4.79 Å². The van der Waals surface area contributed by atoms with Gasteiger partial charge in [-0.2, -0.15) is 0 Å². The van der Waals surface area contributed by atoms with Gasteiger partial charge in [0.2, 0.25) is 0 Å². The average molecular weight is 282 g/mol. The number of ether oxygens (including phenoxy) is 1. The van der Waals surface area contributed by atoms with Crippen molar-refractivity contribution in [3.05, 3.63) is 0 Å². The van der Waals surface area contributed by atoms with E-state index in [-0.39, 0.29) is 22.4 Å². The number of hydrogen-bond acceptors (Lipinski definition) is 2. The third kappa shape index (κ3) is 2.89. The highest BCUT2D eigenvalue weighted by Gasteiger charge is 2.53. The summed E-state index contributed by atoms with van der Waals surface area (Å²) in [5, 5.41) is 0. The molecule has 1 fully saturated rings. The van der Waals surface area contributed by atoms with E-state index in [1.54, 1.807) is 0 Å². The summed E-state index contributed by atoms with van der Waals surface area (Å²) >= 11 is 0. The Morgan fingerprint density at radius 2 is 1.40 bits per heavy atom. The third-order valence-corrected chi connectivity index (χ3v) is 6.13. The molecule has 1 aliphatic rings. The summed E-state index contributed by atoms with van der Waals surface area (Å²) in [4.78, 5) is 12.6. The summed E-state index contributed by atoms with van der Waals surface area (Å²) in [6, 6.07) is 0. The highest BCUT2D eigenvalue weighted by molar-refractivity contribution is 5.76. The van der Waals surface area contributed by atoms with Crippen molar-refractivity contribution in [2.24, 2.45) is 10.8 Å². The molecule has 0 atom stereocenters. The molecule has 0 heterocycles. The van der Waals surface area contributed by atoms with Crippen LogP contribution in [0, 0.1) is 10.8 Å². The molecule has 1 aliphatic carbocycles. The van der Waals surface area contributed by atoms with E-state index in [2.05, 4.69) is 27.7 Å². The zero-order valence-corrected chi connectivity index (χ0v) is 14.5. The lowest BCUT2D eigenvalue weighted by Gasteiger charge is -2.48. The first kappa shape index (κ1) is 17.5. The van der Waals surface area contributed by atoms with E-state index < -0.39 is 0 Å². The first-order chi connectivity index (χ1) is 9.33. The zero-order chi connectivity index (χ0) is 15.4. The first-order valence-electron chi connectivity index (χ1n) is 8.56. The molecule has 1 rings (SSSR count). The number of rotatable bonds is 7. The molecule has 0 spiro atoms. The molecule has 1 saturated carbocycles. The Morgan fingerprint density at radius 3 is 1.75 bits per heavy atom. The highest BCUT2D eigenvalue weighted by Crippen LogP contribution is 2.53. The van der Waals surface area contributed by atoms with Gasteiger partial charge in [0.1, 0.15) is 5.60 Å². The highest BCUT2D eigenvalue weighted by atomic mass is 16.6. The second kappa shape index (κ2) is 6.49. The summed E-state index contributed by atoms with van der Waals surface area (Å²) in [6.07, 6.45) is 8.62. The summed E-state index contributed by atoms with van der Waals surface area (Å²) in [5.41, 5.74) is -0.422. The van der Waals surface area contributed by atoms with E-state index in [0.717, 1.165) is 38.5 Å². The number of carbonyl (C=O) groups is 1. The van der Waals surface area contributed by atoms with E-state index in [0.29, 0.717) is 0 Å². The maximum Gasteiger partial charge on any atom is 0.312 e. The van der Waals surface area contributed by atoms with Crippen LogP contribution in [-0.4, -0.2) is 11.6 Å². The van der Waals surface area contributed by atoms with E-state index in [1.165, 1.54) is 12.8 Å². The minimum Gasteiger partial charge on any atom is -0.458 e. The van der Waals surface area contributed by atoms with Crippen LogP contribution in [0.4, 0.5) is 0 Å². The lowest BCUT2D eigenvalue weighted by molar-refractivity contribution is -0.189. The standard InChI is InChI=1S/C18H34O2/c1-7-16(5,6)15(19)20-18(13-11-12-14-18)17(8-2,9-3)10-4/h7-14H2,1-6H3. The fourth-order valence-electron chi connectivity index (χ4n) is 3.86. The van der Waals surface area contributed by atoms with Crippen molar-refractivity contribution in [3.8, 4) is 0 Å². The Bertz CT molecular complexity index is 312. The van der Waals surface area contributed by atoms with Crippen LogP contribution < -0.4 is 0 Å². The Labute approximate surface area is 125 Å². The van der Waals surface area contributed by atoms with Gasteiger partial charge in [-0.15, -0.1) is 0 Å². The van der Waals surface area contributed by atoms with Gasteiger partial charge >= 0.3 is 5.97 Å². The molecule has 0 aromatic carbocycles. The second-order valence-electron chi connectivity index (χ2n) is 7.17. The van der Waals surface area contributed by atoms with Gasteiger partial charge in [-0.1, -0.05) is 27.7 Å². The van der Waals surface area contributed by atoms with E-state index in [4.69, 9.17) is 4.74 Å². The molecule has 2 nitrogen and oxygen atoms in total. The molecule has 0 N–H and O–H groups in total. The molecule has 2 heteroatoms. The molecule has 0 amide bonds. The van der Waals surface area contributed by atoms with Crippen LogP contribution in [0.5, 0.6) is 0 Å². The quantitative estimate of drug-likeness (QED) is 0.577. The molecule has 0 aliphatic heterocycles. The van der Waals surface area contributed by atoms with Crippen molar-refractivity contribution in [1.29, 1.82) is 0 Å². The summed E-state index contributed by atoms with van der Waals surface area (Å²) in [5.74, 6) is 0.00150. The van der Waals surface area contributed by atoms with Crippen molar-refractivity contribution in [3.63, 3.8) is 0 Å². The fourth-order valence-corrected chi connectivity index (χ4v) is 3.86.